The average molecular weight is 370 g/mol. The molecule has 0 saturated carbocycles. The molecular formula is C21H26N2O4. The standard InChI is InChI=1S/C21H26N2O4/c1-5-27-17-11-9-15(10-12-17)20(24)23-19(14(2)3)21(25)22-16-7-6-8-18(13-16)26-4/h6-14,19H,5H2,1-4H3,(H,22,25)(H,23,24). The number of carbonyl (C=O) groups excluding carboxylic acids is 2. The molecule has 1 atom stereocenters. The maximum Gasteiger partial charge on any atom is 0.251 e. The number of amides is 2. The molecule has 2 rings (SSSR count). The molecule has 0 aliphatic rings. The summed E-state index contributed by atoms with van der Waals surface area (Å²) in [5.41, 5.74) is 1.08. The highest BCUT2D eigenvalue weighted by molar-refractivity contribution is 6.01. The molecule has 2 aromatic carbocycles. The van der Waals surface area contributed by atoms with E-state index in [1.54, 1.807) is 55.6 Å². The first-order valence-electron chi connectivity index (χ1n) is 8.93. The van der Waals surface area contributed by atoms with Crippen LogP contribution in [0.15, 0.2) is 48.5 Å². The SMILES string of the molecule is CCOc1ccc(C(=O)NC(C(=O)Nc2cccc(OC)c2)C(C)C)cc1. The van der Waals surface area contributed by atoms with E-state index >= 15 is 0 Å². The fourth-order valence-corrected chi connectivity index (χ4v) is 2.55. The van der Waals surface area contributed by atoms with Crippen LogP contribution < -0.4 is 20.1 Å². The summed E-state index contributed by atoms with van der Waals surface area (Å²) in [4.78, 5) is 25.2. The fraction of sp³-hybridized carbons (Fsp3) is 0.333. The third kappa shape index (κ3) is 5.74. The predicted molar refractivity (Wildman–Crippen MR) is 105 cm³/mol. The summed E-state index contributed by atoms with van der Waals surface area (Å²) < 4.78 is 10.5. The lowest BCUT2D eigenvalue weighted by Crippen LogP contribution is -2.47. The lowest BCUT2D eigenvalue weighted by atomic mass is 10.0. The van der Waals surface area contributed by atoms with Crippen molar-refractivity contribution < 1.29 is 19.1 Å². The van der Waals surface area contributed by atoms with Crippen molar-refractivity contribution in [1.82, 2.24) is 5.32 Å². The summed E-state index contributed by atoms with van der Waals surface area (Å²) in [6.07, 6.45) is 0. The molecule has 0 aliphatic heterocycles. The summed E-state index contributed by atoms with van der Waals surface area (Å²) >= 11 is 0. The van der Waals surface area contributed by atoms with E-state index in [1.807, 2.05) is 20.8 Å². The van der Waals surface area contributed by atoms with E-state index in [2.05, 4.69) is 10.6 Å². The van der Waals surface area contributed by atoms with Gasteiger partial charge in [-0.1, -0.05) is 19.9 Å². The van der Waals surface area contributed by atoms with Gasteiger partial charge in [0.25, 0.3) is 5.91 Å². The first kappa shape index (κ1) is 20.3. The lowest BCUT2D eigenvalue weighted by molar-refractivity contribution is -0.118. The van der Waals surface area contributed by atoms with Crippen LogP contribution in [0.5, 0.6) is 11.5 Å². The smallest absolute Gasteiger partial charge is 0.251 e. The van der Waals surface area contributed by atoms with Gasteiger partial charge in [0.2, 0.25) is 5.91 Å². The Labute approximate surface area is 159 Å². The van der Waals surface area contributed by atoms with Gasteiger partial charge in [-0.25, -0.2) is 0 Å². The van der Waals surface area contributed by atoms with E-state index in [9.17, 15) is 9.59 Å². The molecule has 0 saturated heterocycles. The third-order valence-electron chi connectivity index (χ3n) is 4.00. The van der Waals surface area contributed by atoms with Crippen molar-refractivity contribution in [1.29, 1.82) is 0 Å². The zero-order valence-corrected chi connectivity index (χ0v) is 16.1. The van der Waals surface area contributed by atoms with Crippen molar-refractivity contribution in [2.75, 3.05) is 19.0 Å². The topological polar surface area (TPSA) is 76.7 Å². The second kappa shape index (κ2) is 9.62. The second-order valence-corrected chi connectivity index (χ2v) is 6.37. The molecule has 27 heavy (non-hydrogen) atoms. The predicted octanol–water partition coefficient (Wildman–Crippen LogP) is 3.49. The molecule has 0 spiro atoms. The Kier molecular flexibility index (Phi) is 7.23. The maximum absolute atomic E-state index is 12.7. The van der Waals surface area contributed by atoms with Gasteiger partial charge in [0.05, 0.1) is 13.7 Å². The molecule has 0 fully saturated rings. The van der Waals surface area contributed by atoms with Crippen LogP contribution in [0, 0.1) is 5.92 Å². The van der Waals surface area contributed by atoms with Gasteiger partial charge >= 0.3 is 0 Å². The van der Waals surface area contributed by atoms with Crippen LogP contribution in [-0.4, -0.2) is 31.6 Å². The van der Waals surface area contributed by atoms with Crippen molar-refractivity contribution in [3.8, 4) is 11.5 Å². The van der Waals surface area contributed by atoms with E-state index in [-0.39, 0.29) is 17.7 Å². The second-order valence-electron chi connectivity index (χ2n) is 6.37. The molecule has 0 radical (unpaired) electrons. The molecule has 6 nitrogen and oxygen atoms in total. The van der Waals surface area contributed by atoms with Gasteiger partial charge in [-0.2, -0.15) is 0 Å². The molecule has 2 aromatic rings. The monoisotopic (exact) mass is 370 g/mol. The molecule has 144 valence electrons. The van der Waals surface area contributed by atoms with Gasteiger partial charge in [-0.15, -0.1) is 0 Å². The number of benzene rings is 2. The summed E-state index contributed by atoms with van der Waals surface area (Å²) in [6, 6.07) is 13.2. The van der Waals surface area contributed by atoms with Crippen LogP contribution in [0.25, 0.3) is 0 Å². The number of ether oxygens (including phenoxy) is 2. The summed E-state index contributed by atoms with van der Waals surface area (Å²) in [6.45, 7) is 6.22. The number of rotatable bonds is 8. The van der Waals surface area contributed by atoms with E-state index in [0.29, 0.717) is 29.4 Å². The third-order valence-corrected chi connectivity index (χ3v) is 4.00. The van der Waals surface area contributed by atoms with Gasteiger partial charge in [0.15, 0.2) is 0 Å². The Morgan fingerprint density at radius 3 is 2.33 bits per heavy atom. The molecule has 2 N–H and O–H groups in total. The number of carbonyl (C=O) groups is 2. The van der Waals surface area contributed by atoms with Crippen molar-refractivity contribution in [3.05, 3.63) is 54.1 Å². The Morgan fingerprint density at radius 2 is 1.74 bits per heavy atom. The molecule has 2 amide bonds. The minimum atomic E-state index is -0.671. The Hall–Kier alpha value is -3.02. The van der Waals surface area contributed by atoms with Crippen LogP contribution in [0.4, 0.5) is 5.69 Å². The minimum absolute atomic E-state index is 0.0812. The van der Waals surface area contributed by atoms with Crippen molar-refractivity contribution in [3.63, 3.8) is 0 Å². The van der Waals surface area contributed by atoms with Crippen molar-refractivity contribution in [2.24, 2.45) is 5.92 Å². The van der Waals surface area contributed by atoms with Gasteiger partial charge in [-0.05, 0) is 49.2 Å². The normalized spacial score (nSPS) is 11.6. The van der Waals surface area contributed by atoms with E-state index < -0.39 is 6.04 Å². The fourth-order valence-electron chi connectivity index (χ4n) is 2.55. The van der Waals surface area contributed by atoms with Crippen LogP contribution >= 0.6 is 0 Å². The Bertz CT molecular complexity index is 772. The first-order valence-corrected chi connectivity index (χ1v) is 8.93. The van der Waals surface area contributed by atoms with Crippen molar-refractivity contribution >= 4 is 17.5 Å². The molecule has 0 bridgehead atoms. The number of methoxy groups -OCH3 is 1. The minimum Gasteiger partial charge on any atom is -0.497 e. The largest absolute Gasteiger partial charge is 0.497 e. The van der Waals surface area contributed by atoms with Gasteiger partial charge in [0, 0.05) is 17.3 Å². The van der Waals surface area contributed by atoms with Gasteiger partial charge in [-0.3, -0.25) is 9.59 Å². The van der Waals surface area contributed by atoms with Crippen LogP contribution in [-0.2, 0) is 4.79 Å². The lowest BCUT2D eigenvalue weighted by Gasteiger charge is -2.22. The van der Waals surface area contributed by atoms with E-state index in [1.165, 1.54) is 0 Å². The molecule has 6 heteroatoms. The summed E-state index contributed by atoms with van der Waals surface area (Å²) in [7, 11) is 1.56. The van der Waals surface area contributed by atoms with Crippen molar-refractivity contribution in [2.45, 2.75) is 26.8 Å². The van der Waals surface area contributed by atoms with Crippen LogP contribution in [0.1, 0.15) is 31.1 Å². The highest BCUT2D eigenvalue weighted by Gasteiger charge is 2.25. The van der Waals surface area contributed by atoms with Crippen LogP contribution in [0.3, 0.4) is 0 Å². The summed E-state index contributed by atoms with van der Waals surface area (Å²) in [5, 5.41) is 5.64. The summed E-state index contributed by atoms with van der Waals surface area (Å²) in [5.74, 6) is 0.676. The van der Waals surface area contributed by atoms with E-state index in [4.69, 9.17) is 9.47 Å². The average Bonchev–Trinajstić information content (AvgIpc) is 2.66. The highest BCUT2D eigenvalue weighted by atomic mass is 16.5. The number of hydrogen-bond donors (Lipinski definition) is 2. The van der Waals surface area contributed by atoms with Gasteiger partial charge < -0.3 is 20.1 Å². The molecular weight excluding hydrogens is 344 g/mol. The number of hydrogen-bond acceptors (Lipinski definition) is 4. The molecule has 0 heterocycles. The zero-order valence-electron chi connectivity index (χ0n) is 16.1. The maximum atomic E-state index is 12.7. The number of anilines is 1. The first-order chi connectivity index (χ1) is 12.9. The molecule has 0 aromatic heterocycles. The van der Waals surface area contributed by atoms with E-state index in [0.717, 1.165) is 0 Å². The molecule has 1 unspecified atom stereocenters. The van der Waals surface area contributed by atoms with Crippen LogP contribution in [0.2, 0.25) is 0 Å². The highest BCUT2D eigenvalue weighted by Crippen LogP contribution is 2.18. The molecule has 0 aliphatic carbocycles. The Morgan fingerprint density at radius 1 is 1.04 bits per heavy atom. The Balaban J connectivity index is 2.07. The number of nitrogens with one attached hydrogen (secondary N) is 2. The van der Waals surface area contributed by atoms with Gasteiger partial charge in [0.1, 0.15) is 17.5 Å². The quantitative estimate of drug-likeness (QED) is 0.746. The zero-order chi connectivity index (χ0) is 19.8.